The normalized spacial score (nSPS) is 30.8. The zero-order valence-electron chi connectivity index (χ0n) is 12.9. The predicted molar refractivity (Wildman–Crippen MR) is 83.7 cm³/mol. The minimum Gasteiger partial charge on any atom is -0.387 e. The Labute approximate surface area is 141 Å². The highest BCUT2D eigenvalue weighted by Crippen LogP contribution is 2.41. The lowest BCUT2D eigenvalue weighted by Gasteiger charge is -2.27. The van der Waals surface area contributed by atoms with Crippen molar-refractivity contribution in [3.8, 4) is 0 Å². The van der Waals surface area contributed by atoms with E-state index in [4.69, 9.17) is 20.5 Å². The van der Waals surface area contributed by atoms with Crippen molar-refractivity contribution in [1.82, 2.24) is 14.5 Å². The summed E-state index contributed by atoms with van der Waals surface area (Å²) in [5.74, 6) is -0.124. The number of aliphatic hydroxyl groups is 3. The van der Waals surface area contributed by atoms with Gasteiger partial charge >= 0.3 is 0 Å². The number of hydrogen-bond donors (Lipinski definition) is 6. The largest absolute Gasteiger partial charge is 0.387 e. The molecule has 13 heteroatoms. The van der Waals surface area contributed by atoms with E-state index < -0.39 is 44.5 Å². The highest BCUT2D eigenvalue weighted by Gasteiger charge is 2.55. The van der Waals surface area contributed by atoms with Gasteiger partial charge in [-0.25, -0.2) is 0 Å². The third kappa shape index (κ3) is 3.14. The Morgan fingerprint density at radius 2 is 2.32 bits per heavy atom. The Bertz CT molecular complexity index is 823. The summed E-state index contributed by atoms with van der Waals surface area (Å²) in [6, 6.07) is 1.45. The van der Waals surface area contributed by atoms with Gasteiger partial charge in [0, 0.05) is 6.20 Å². The zero-order chi connectivity index (χ0) is 18.4. The van der Waals surface area contributed by atoms with E-state index in [1.165, 1.54) is 23.8 Å². The number of nitrogens with two attached hydrogens (primary N) is 1. The van der Waals surface area contributed by atoms with Gasteiger partial charge in [-0.2, -0.15) is 14.5 Å². The summed E-state index contributed by atoms with van der Waals surface area (Å²) in [5.41, 5.74) is 3.36. The molecular weight excluding hydrogens is 359 g/mol. The Morgan fingerprint density at radius 1 is 1.60 bits per heavy atom. The molecule has 0 radical (unpaired) electrons. The molecule has 0 spiro atoms. The molecule has 12 nitrogen and oxygen atoms in total. The second-order valence-electron chi connectivity index (χ2n) is 5.60. The fourth-order valence-electron chi connectivity index (χ4n) is 2.55. The van der Waals surface area contributed by atoms with Gasteiger partial charge in [-0.05, 0) is 13.0 Å². The number of ether oxygens (including phenoxy) is 1. The van der Waals surface area contributed by atoms with Crippen LogP contribution in [0.25, 0.3) is 11.0 Å². The number of nitrogens with one attached hydrogen (secondary N) is 1. The van der Waals surface area contributed by atoms with Gasteiger partial charge in [0.1, 0.15) is 18.1 Å². The van der Waals surface area contributed by atoms with Crippen molar-refractivity contribution in [3.05, 3.63) is 22.6 Å². The summed E-state index contributed by atoms with van der Waals surface area (Å²) < 4.78 is 11.3. The fourth-order valence-corrected chi connectivity index (χ4v) is 2.78. The number of H-pyrrole nitrogens is 1. The van der Waals surface area contributed by atoms with Crippen molar-refractivity contribution < 1.29 is 34.5 Å². The van der Waals surface area contributed by atoms with E-state index in [1.807, 2.05) is 0 Å². The molecule has 1 aliphatic heterocycles. The molecule has 1 fully saturated rings. The average Bonchev–Trinajstić information content (AvgIpc) is 3.05. The number of aliphatic hydroxyl groups excluding tert-OH is 2. The Balaban J connectivity index is 1.93. The molecule has 2 unspecified atom stereocenters. The summed E-state index contributed by atoms with van der Waals surface area (Å²) in [6.45, 7) is 1.29. The van der Waals surface area contributed by atoms with E-state index in [1.54, 1.807) is 0 Å². The first-order chi connectivity index (χ1) is 11.8. The maximum atomic E-state index is 11.9. The molecule has 25 heavy (non-hydrogen) atoms. The summed E-state index contributed by atoms with van der Waals surface area (Å²) in [5, 5.41) is 29.7. The highest BCUT2D eigenvalue weighted by atomic mass is 31.2. The summed E-state index contributed by atoms with van der Waals surface area (Å²) >= 11 is 0. The van der Waals surface area contributed by atoms with Crippen molar-refractivity contribution in [2.75, 3.05) is 12.1 Å². The van der Waals surface area contributed by atoms with Gasteiger partial charge in [-0.3, -0.25) is 9.78 Å². The topological polar surface area (TPSA) is 185 Å². The Morgan fingerprint density at radius 3 is 3.00 bits per heavy atom. The van der Waals surface area contributed by atoms with Crippen LogP contribution in [0.2, 0.25) is 0 Å². The van der Waals surface area contributed by atoms with E-state index in [0.29, 0.717) is 0 Å². The molecule has 138 valence electrons. The van der Waals surface area contributed by atoms with E-state index in [0.717, 1.165) is 0 Å². The predicted octanol–water partition coefficient (Wildman–Crippen LogP) is -1.52. The molecule has 1 aliphatic rings. The van der Waals surface area contributed by atoms with Crippen molar-refractivity contribution in [2.24, 2.45) is 0 Å². The molecule has 0 bridgehead atoms. The number of rotatable bonds is 5. The Kier molecular flexibility index (Phi) is 4.79. The van der Waals surface area contributed by atoms with Gasteiger partial charge in [0.2, 0.25) is 20.6 Å². The van der Waals surface area contributed by atoms with Gasteiger partial charge in [-0.15, -0.1) is 0 Å². The number of nitrogen functional groups attached to an aromatic ring is 1. The van der Waals surface area contributed by atoms with Crippen molar-refractivity contribution in [2.45, 2.75) is 31.1 Å². The van der Waals surface area contributed by atoms with Crippen LogP contribution >= 0.6 is 8.38 Å². The fraction of sp³-hybridized carbons (Fsp3) is 0.500. The Hall–Kier alpha value is -1.63. The number of hydrogen-bond acceptors (Lipinski definition) is 10. The lowest BCUT2D eigenvalue weighted by atomic mass is 9.99. The first kappa shape index (κ1) is 18.2. The van der Waals surface area contributed by atoms with Crippen molar-refractivity contribution >= 4 is 25.4 Å². The molecule has 0 saturated carbocycles. The van der Waals surface area contributed by atoms with E-state index in [-0.39, 0.29) is 17.0 Å². The summed E-state index contributed by atoms with van der Waals surface area (Å²) in [7, 11) is -2.26. The third-order valence-corrected chi connectivity index (χ3v) is 4.32. The van der Waals surface area contributed by atoms with Crippen LogP contribution in [0, 0.1) is 0 Å². The third-order valence-electron chi connectivity index (χ3n) is 3.82. The molecule has 0 aliphatic carbocycles. The van der Waals surface area contributed by atoms with Crippen LogP contribution in [0.4, 0.5) is 5.95 Å². The molecule has 1 saturated heterocycles. The lowest BCUT2D eigenvalue weighted by Crippen LogP contribution is -2.44. The second kappa shape index (κ2) is 6.59. The van der Waals surface area contributed by atoms with Crippen LogP contribution in [0.1, 0.15) is 13.2 Å². The van der Waals surface area contributed by atoms with Gasteiger partial charge in [0.25, 0.3) is 5.56 Å². The molecule has 2 aromatic rings. The zero-order valence-corrected chi connectivity index (χ0v) is 13.8. The van der Waals surface area contributed by atoms with E-state index in [9.17, 15) is 19.9 Å². The standard InChI is InChI=1S/C12H17N4O8P/c1-12(20)6(18)9(23-24-25(21)4-17)22-10(12)16-3-2-5-7(16)14-11(13)15-8(5)19/h2-3,6,9-10,17-18,20-21H,4H2,1H3,(H3,13,14,15,19)/t6?,9-,10-,12-,25?/m1/s1. The van der Waals surface area contributed by atoms with Crippen LogP contribution in [-0.2, 0) is 14.3 Å². The quantitative estimate of drug-likeness (QED) is 0.203. The number of aromatic amines is 1. The molecule has 0 amide bonds. The monoisotopic (exact) mass is 376 g/mol. The summed E-state index contributed by atoms with van der Waals surface area (Å²) in [6.07, 6.45) is -3.45. The lowest BCUT2D eigenvalue weighted by molar-refractivity contribution is -0.332. The number of aromatic nitrogens is 3. The maximum Gasteiger partial charge on any atom is 0.261 e. The molecule has 0 aromatic carbocycles. The number of fused-ring (bicyclic) bond motifs is 1. The van der Waals surface area contributed by atoms with Gasteiger partial charge in [0.05, 0.1) is 5.39 Å². The summed E-state index contributed by atoms with van der Waals surface area (Å²) in [4.78, 5) is 32.2. The maximum absolute atomic E-state index is 11.9. The van der Waals surface area contributed by atoms with Crippen LogP contribution in [0.15, 0.2) is 17.1 Å². The minimum absolute atomic E-state index is 0.124. The van der Waals surface area contributed by atoms with Gasteiger partial charge < -0.3 is 35.3 Å². The molecule has 7 N–H and O–H groups in total. The smallest absolute Gasteiger partial charge is 0.261 e. The van der Waals surface area contributed by atoms with E-state index >= 15 is 0 Å². The second-order valence-corrected chi connectivity index (χ2v) is 6.74. The van der Waals surface area contributed by atoms with Crippen LogP contribution in [-0.4, -0.2) is 59.1 Å². The van der Waals surface area contributed by atoms with Gasteiger partial charge in [0.15, 0.2) is 11.9 Å². The van der Waals surface area contributed by atoms with Crippen molar-refractivity contribution in [1.29, 1.82) is 0 Å². The minimum atomic E-state index is -2.26. The van der Waals surface area contributed by atoms with Crippen LogP contribution < -0.4 is 11.3 Å². The average molecular weight is 376 g/mol. The molecule has 5 atom stereocenters. The van der Waals surface area contributed by atoms with Crippen LogP contribution in [0.5, 0.6) is 0 Å². The number of anilines is 1. The molecule has 3 heterocycles. The first-order valence-corrected chi connectivity index (χ1v) is 8.48. The van der Waals surface area contributed by atoms with Crippen molar-refractivity contribution in [3.63, 3.8) is 0 Å². The SMILES string of the molecule is C[C@@]1(O)C(O)[C@@H](OOP(O)CO)O[C@H]1n1ccc2c(=O)[nH]c(N)nc21. The van der Waals surface area contributed by atoms with Crippen LogP contribution in [0.3, 0.4) is 0 Å². The van der Waals surface area contributed by atoms with Gasteiger partial charge in [-0.1, -0.05) is 0 Å². The molecule has 3 rings (SSSR count). The molecule has 2 aromatic heterocycles. The molecular formula is C12H17N4O8P. The number of nitrogens with zero attached hydrogens (tertiary/aromatic N) is 2. The highest BCUT2D eigenvalue weighted by molar-refractivity contribution is 7.45. The first-order valence-electron chi connectivity index (χ1n) is 7.08. The van der Waals surface area contributed by atoms with E-state index in [2.05, 4.69) is 14.6 Å².